The average Bonchev–Trinajstić information content (AvgIpc) is 3.14. The number of aryl methyl sites for hydroxylation is 1. The standard InChI is InChI=1S/C13H16F3N5S2/c1-9-17-10(8-22-9)2-3-20-4-6-21(7-5-20)12-19-18-11(23-12)13(14,15)16/h8H,2-7H2,1H3. The predicted molar refractivity (Wildman–Crippen MR) is 84.1 cm³/mol. The number of thiazole rings is 1. The van der Waals surface area contributed by atoms with Crippen molar-refractivity contribution in [3.63, 3.8) is 0 Å². The van der Waals surface area contributed by atoms with Crippen molar-refractivity contribution in [2.75, 3.05) is 37.6 Å². The van der Waals surface area contributed by atoms with Crippen LogP contribution in [0, 0.1) is 6.92 Å². The molecule has 3 heterocycles. The minimum absolute atomic E-state index is 0.354. The van der Waals surface area contributed by atoms with Crippen molar-refractivity contribution in [2.24, 2.45) is 0 Å². The average molecular weight is 363 g/mol. The van der Waals surface area contributed by atoms with Gasteiger partial charge in [-0.25, -0.2) is 4.98 Å². The van der Waals surface area contributed by atoms with Gasteiger partial charge in [-0.05, 0) is 6.92 Å². The van der Waals surface area contributed by atoms with E-state index in [-0.39, 0.29) is 0 Å². The van der Waals surface area contributed by atoms with Gasteiger partial charge in [-0.15, -0.1) is 21.5 Å². The number of rotatable bonds is 4. The molecule has 0 radical (unpaired) electrons. The van der Waals surface area contributed by atoms with E-state index in [9.17, 15) is 13.2 Å². The van der Waals surface area contributed by atoms with Crippen LogP contribution in [0.4, 0.5) is 18.3 Å². The molecule has 126 valence electrons. The summed E-state index contributed by atoms with van der Waals surface area (Å²) in [6.07, 6.45) is -3.51. The van der Waals surface area contributed by atoms with Crippen molar-refractivity contribution in [2.45, 2.75) is 19.5 Å². The van der Waals surface area contributed by atoms with E-state index in [0.717, 1.165) is 36.8 Å². The molecule has 1 aliphatic rings. The summed E-state index contributed by atoms with van der Waals surface area (Å²) in [5.74, 6) is 0. The lowest BCUT2D eigenvalue weighted by Crippen LogP contribution is -2.47. The SMILES string of the molecule is Cc1nc(CCN2CCN(c3nnc(C(F)(F)F)s3)CC2)cs1. The first kappa shape index (κ1) is 16.6. The Balaban J connectivity index is 1.49. The summed E-state index contributed by atoms with van der Waals surface area (Å²) in [6, 6.07) is 0. The first-order valence-electron chi connectivity index (χ1n) is 7.21. The van der Waals surface area contributed by atoms with Crippen LogP contribution >= 0.6 is 22.7 Å². The molecule has 2 aromatic heterocycles. The van der Waals surface area contributed by atoms with E-state index < -0.39 is 11.2 Å². The minimum Gasteiger partial charge on any atom is -0.344 e. The van der Waals surface area contributed by atoms with E-state index in [4.69, 9.17) is 0 Å². The zero-order valence-corrected chi connectivity index (χ0v) is 14.1. The topological polar surface area (TPSA) is 45.2 Å². The van der Waals surface area contributed by atoms with Crippen LogP contribution in [0.1, 0.15) is 15.7 Å². The molecule has 0 N–H and O–H groups in total. The molecular weight excluding hydrogens is 347 g/mol. The minimum atomic E-state index is -4.41. The summed E-state index contributed by atoms with van der Waals surface area (Å²) < 4.78 is 37.7. The van der Waals surface area contributed by atoms with Crippen molar-refractivity contribution < 1.29 is 13.2 Å². The van der Waals surface area contributed by atoms with Gasteiger partial charge in [-0.1, -0.05) is 11.3 Å². The largest absolute Gasteiger partial charge is 0.445 e. The zero-order chi connectivity index (χ0) is 16.4. The van der Waals surface area contributed by atoms with Gasteiger partial charge in [0.15, 0.2) is 0 Å². The fourth-order valence-corrected chi connectivity index (χ4v) is 3.83. The summed E-state index contributed by atoms with van der Waals surface area (Å²) in [7, 11) is 0. The lowest BCUT2D eigenvalue weighted by Gasteiger charge is -2.34. The normalized spacial score (nSPS) is 17.0. The number of hydrogen-bond acceptors (Lipinski definition) is 7. The molecule has 0 aliphatic carbocycles. The summed E-state index contributed by atoms with van der Waals surface area (Å²) >= 11 is 2.26. The van der Waals surface area contributed by atoms with Crippen molar-refractivity contribution in [1.82, 2.24) is 20.1 Å². The summed E-state index contributed by atoms with van der Waals surface area (Å²) in [5.41, 5.74) is 1.11. The third-order valence-corrected chi connectivity index (χ3v) is 5.50. The van der Waals surface area contributed by atoms with Crippen LogP contribution in [0.3, 0.4) is 0 Å². The van der Waals surface area contributed by atoms with E-state index in [0.29, 0.717) is 29.6 Å². The van der Waals surface area contributed by atoms with Gasteiger partial charge in [-0.3, -0.25) is 4.90 Å². The highest BCUT2D eigenvalue weighted by molar-refractivity contribution is 7.15. The summed E-state index contributed by atoms with van der Waals surface area (Å²) in [5, 5.41) is 9.53. The molecule has 2 aromatic rings. The van der Waals surface area contributed by atoms with E-state index in [1.807, 2.05) is 11.8 Å². The molecule has 0 atom stereocenters. The third-order valence-electron chi connectivity index (χ3n) is 3.65. The molecule has 0 unspecified atom stereocenters. The number of anilines is 1. The van der Waals surface area contributed by atoms with E-state index in [2.05, 4.69) is 25.5 Å². The van der Waals surface area contributed by atoms with Crippen molar-refractivity contribution in [3.8, 4) is 0 Å². The number of hydrogen-bond donors (Lipinski definition) is 0. The van der Waals surface area contributed by atoms with Gasteiger partial charge in [0.25, 0.3) is 0 Å². The van der Waals surface area contributed by atoms with Gasteiger partial charge >= 0.3 is 6.18 Å². The maximum absolute atomic E-state index is 12.6. The molecule has 1 fully saturated rings. The quantitative estimate of drug-likeness (QED) is 0.836. The molecular formula is C13H16F3N5S2. The van der Waals surface area contributed by atoms with Crippen molar-refractivity contribution in [1.29, 1.82) is 0 Å². The highest BCUT2D eigenvalue weighted by atomic mass is 32.1. The lowest BCUT2D eigenvalue weighted by molar-refractivity contribution is -0.138. The number of nitrogens with zero attached hydrogens (tertiary/aromatic N) is 5. The molecule has 0 saturated carbocycles. The fourth-order valence-electron chi connectivity index (χ4n) is 2.42. The third kappa shape index (κ3) is 4.18. The van der Waals surface area contributed by atoms with Gasteiger partial charge in [0.1, 0.15) is 0 Å². The Kier molecular flexibility index (Phi) is 4.83. The highest BCUT2D eigenvalue weighted by Crippen LogP contribution is 2.34. The Morgan fingerprint density at radius 2 is 1.91 bits per heavy atom. The summed E-state index contributed by atoms with van der Waals surface area (Å²) in [6.45, 7) is 5.87. The smallest absolute Gasteiger partial charge is 0.344 e. The maximum Gasteiger partial charge on any atom is 0.445 e. The fraction of sp³-hybridized carbons (Fsp3) is 0.615. The second kappa shape index (κ2) is 6.70. The van der Waals surface area contributed by atoms with Gasteiger partial charge in [-0.2, -0.15) is 13.2 Å². The predicted octanol–water partition coefficient (Wildman–Crippen LogP) is 2.69. The van der Waals surface area contributed by atoms with E-state index in [1.54, 1.807) is 11.3 Å². The van der Waals surface area contributed by atoms with Gasteiger partial charge in [0.2, 0.25) is 10.1 Å². The Morgan fingerprint density at radius 3 is 2.48 bits per heavy atom. The Labute approximate surface area is 139 Å². The Hall–Kier alpha value is -1.26. The monoisotopic (exact) mass is 363 g/mol. The molecule has 1 aliphatic heterocycles. The van der Waals surface area contributed by atoms with E-state index in [1.165, 1.54) is 0 Å². The molecule has 3 rings (SSSR count). The number of alkyl halides is 3. The molecule has 1 saturated heterocycles. The van der Waals surface area contributed by atoms with Crippen LogP contribution < -0.4 is 4.90 Å². The molecule has 0 bridgehead atoms. The number of aromatic nitrogens is 3. The first-order chi connectivity index (χ1) is 10.9. The summed E-state index contributed by atoms with van der Waals surface area (Å²) in [4.78, 5) is 8.62. The molecule has 0 spiro atoms. The van der Waals surface area contributed by atoms with Crippen LogP contribution in [0.5, 0.6) is 0 Å². The highest BCUT2D eigenvalue weighted by Gasteiger charge is 2.36. The van der Waals surface area contributed by atoms with Gasteiger partial charge in [0, 0.05) is 44.5 Å². The zero-order valence-electron chi connectivity index (χ0n) is 12.5. The maximum atomic E-state index is 12.6. The first-order valence-corrected chi connectivity index (χ1v) is 8.90. The molecule has 0 aromatic carbocycles. The second-order valence-electron chi connectivity index (χ2n) is 5.32. The van der Waals surface area contributed by atoms with E-state index >= 15 is 0 Å². The Morgan fingerprint density at radius 1 is 1.17 bits per heavy atom. The van der Waals surface area contributed by atoms with Crippen LogP contribution in [0.2, 0.25) is 0 Å². The van der Waals surface area contributed by atoms with Crippen molar-refractivity contribution >= 4 is 27.8 Å². The van der Waals surface area contributed by atoms with Crippen molar-refractivity contribution in [3.05, 3.63) is 21.1 Å². The molecule has 10 heteroatoms. The van der Waals surface area contributed by atoms with Crippen LogP contribution in [-0.2, 0) is 12.6 Å². The van der Waals surface area contributed by atoms with Crippen LogP contribution in [0.25, 0.3) is 0 Å². The van der Waals surface area contributed by atoms with Crippen LogP contribution in [-0.4, -0.2) is 52.8 Å². The Bertz CT molecular complexity index is 646. The number of halogens is 3. The van der Waals surface area contributed by atoms with Gasteiger partial charge < -0.3 is 4.90 Å². The molecule has 23 heavy (non-hydrogen) atoms. The number of piperazine rings is 1. The lowest BCUT2D eigenvalue weighted by atomic mass is 10.2. The second-order valence-corrected chi connectivity index (χ2v) is 7.34. The molecule has 0 amide bonds. The van der Waals surface area contributed by atoms with Crippen LogP contribution in [0.15, 0.2) is 5.38 Å². The molecule has 5 nitrogen and oxygen atoms in total. The van der Waals surface area contributed by atoms with Gasteiger partial charge in [0.05, 0.1) is 10.7 Å².